The van der Waals surface area contributed by atoms with Gasteiger partial charge in [-0.3, -0.25) is 0 Å². The predicted molar refractivity (Wildman–Crippen MR) is 81.9 cm³/mol. The van der Waals surface area contributed by atoms with Gasteiger partial charge in [0.2, 0.25) is 5.95 Å². The highest BCUT2D eigenvalue weighted by Gasteiger charge is 2.07. The Morgan fingerprint density at radius 1 is 0.842 bits per heavy atom. The van der Waals surface area contributed by atoms with Crippen LogP contribution in [0.5, 0.6) is 0 Å². The monoisotopic (exact) mass is 264 g/mol. The molecule has 0 fully saturated rings. The summed E-state index contributed by atoms with van der Waals surface area (Å²) in [7, 11) is 0. The molecule has 0 aliphatic rings. The second-order valence-electron chi connectivity index (χ2n) is 5.26. The lowest BCUT2D eigenvalue weighted by Crippen LogP contribution is -2.07. The van der Waals surface area contributed by atoms with Gasteiger partial charge < -0.3 is 11.5 Å². The normalized spacial score (nSPS) is 10.8. The average molecular weight is 264 g/mol. The van der Waals surface area contributed by atoms with E-state index >= 15 is 0 Å². The van der Waals surface area contributed by atoms with Gasteiger partial charge >= 0.3 is 0 Å². The molecule has 1 rings (SSSR count). The van der Waals surface area contributed by atoms with Crippen molar-refractivity contribution in [2.75, 3.05) is 11.5 Å². The molecule has 0 unspecified atom stereocenters. The summed E-state index contributed by atoms with van der Waals surface area (Å²) in [5.41, 5.74) is 13.4. The molecule has 108 valence electrons. The predicted octanol–water partition coefficient (Wildman–Crippen LogP) is 3.63. The molecule has 4 N–H and O–H groups in total. The van der Waals surface area contributed by atoms with Crippen molar-refractivity contribution in [2.24, 2.45) is 0 Å². The number of nitrogens with zero attached hydrogens (tertiary/aromatic N) is 2. The summed E-state index contributed by atoms with van der Waals surface area (Å²) in [4.78, 5) is 8.20. The second kappa shape index (κ2) is 8.73. The van der Waals surface area contributed by atoms with Crippen molar-refractivity contribution in [1.29, 1.82) is 0 Å². The second-order valence-corrected chi connectivity index (χ2v) is 5.26. The third kappa shape index (κ3) is 5.90. The Hall–Kier alpha value is -1.32. The van der Waals surface area contributed by atoms with Gasteiger partial charge in [0, 0.05) is 11.3 Å². The minimum Gasteiger partial charge on any atom is -0.383 e. The van der Waals surface area contributed by atoms with Gasteiger partial charge in [0.05, 0.1) is 0 Å². The molecule has 0 aliphatic carbocycles. The zero-order chi connectivity index (χ0) is 14.1. The third-order valence-corrected chi connectivity index (χ3v) is 3.54. The molecule has 0 aliphatic heterocycles. The number of rotatable bonds is 9. The number of hydrogen-bond donors (Lipinski definition) is 2. The Kier molecular flexibility index (Phi) is 7.23. The Morgan fingerprint density at radius 3 is 2.00 bits per heavy atom. The Balaban J connectivity index is 2.19. The van der Waals surface area contributed by atoms with Crippen LogP contribution in [0, 0.1) is 6.92 Å². The third-order valence-electron chi connectivity index (χ3n) is 3.54. The van der Waals surface area contributed by atoms with Crippen LogP contribution in [-0.2, 0) is 6.42 Å². The van der Waals surface area contributed by atoms with Crippen LogP contribution in [0.1, 0.15) is 69.5 Å². The molecule has 19 heavy (non-hydrogen) atoms. The lowest BCUT2D eigenvalue weighted by molar-refractivity contribution is 0.575. The quantitative estimate of drug-likeness (QED) is 0.668. The van der Waals surface area contributed by atoms with E-state index in [1.807, 2.05) is 6.92 Å². The maximum absolute atomic E-state index is 5.89. The van der Waals surface area contributed by atoms with Gasteiger partial charge in [-0.15, -0.1) is 0 Å². The van der Waals surface area contributed by atoms with Crippen molar-refractivity contribution in [1.82, 2.24) is 9.97 Å². The van der Waals surface area contributed by atoms with Crippen molar-refractivity contribution in [3.8, 4) is 0 Å². The van der Waals surface area contributed by atoms with E-state index in [1.165, 1.54) is 44.9 Å². The van der Waals surface area contributed by atoms with Crippen molar-refractivity contribution >= 4 is 11.8 Å². The van der Waals surface area contributed by atoms with Crippen LogP contribution in [0.25, 0.3) is 0 Å². The fourth-order valence-electron chi connectivity index (χ4n) is 2.39. The minimum absolute atomic E-state index is 0.273. The molecule has 1 heterocycles. The first-order valence-electron chi connectivity index (χ1n) is 7.53. The topological polar surface area (TPSA) is 77.8 Å². The summed E-state index contributed by atoms with van der Waals surface area (Å²) in [5.74, 6) is 0.822. The highest BCUT2D eigenvalue weighted by molar-refractivity contribution is 5.45. The number of aryl methyl sites for hydroxylation is 1. The SMILES string of the molecule is CCCCCCCCCCc1c(C)nc(N)nc1N. The number of anilines is 2. The zero-order valence-corrected chi connectivity index (χ0v) is 12.4. The minimum atomic E-state index is 0.273. The molecule has 0 saturated heterocycles. The highest BCUT2D eigenvalue weighted by Crippen LogP contribution is 2.18. The molecular formula is C15H28N4. The van der Waals surface area contributed by atoms with E-state index < -0.39 is 0 Å². The van der Waals surface area contributed by atoms with E-state index in [0.717, 1.165) is 24.1 Å². The fraction of sp³-hybridized carbons (Fsp3) is 0.733. The largest absolute Gasteiger partial charge is 0.383 e. The standard InChI is InChI=1S/C15H28N4/c1-3-4-5-6-7-8-9-10-11-13-12(2)18-15(17)19-14(13)16/h3-11H2,1-2H3,(H4,16,17,18,19). The molecule has 0 aromatic carbocycles. The number of aromatic nitrogens is 2. The van der Waals surface area contributed by atoms with Crippen LogP contribution in [0.4, 0.5) is 11.8 Å². The maximum Gasteiger partial charge on any atom is 0.222 e. The van der Waals surface area contributed by atoms with Crippen LogP contribution in [0.3, 0.4) is 0 Å². The molecule has 1 aromatic heterocycles. The molecule has 0 radical (unpaired) electrons. The molecule has 0 atom stereocenters. The molecular weight excluding hydrogens is 236 g/mol. The molecule has 0 saturated carbocycles. The van der Waals surface area contributed by atoms with Crippen molar-refractivity contribution in [3.63, 3.8) is 0 Å². The fourth-order valence-corrected chi connectivity index (χ4v) is 2.39. The Bertz CT molecular complexity index is 353. The maximum atomic E-state index is 5.89. The van der Waals surface area contributed by atoms with E-state index in [-0.39, 0.29) is 5.95 Å². The smallest absolute Gasteiger partial charge is 0.222 e. The molecule has 4 heteroatoms. The Labute approximate surface area is 117 Å². The molecule has 1 aromatic rings. The Morgan fingerprint density at radius 2 is 1.42 bits per heavy atom. The summed E-state index contributed by atoms with van der Waals surface area (Å²) >= 11 is 0. The van der Waals surface area contributed by atoms with Crippen molar-refractivity contribution in [3.05, 3.63) is 11.3 Å². The summed E-state index contributed by atoms with van der Waals surface area (Å²) in [6, 6.07) is 0. The van der Waals surface area contributed by atoms with Gasteiger partial charge in [-0.2, -0.15) is 4.98 Å². The van der Waals surface area contributed by atoms with E-state index in [4.69, 9.17) is 11.5 Å². The van der Waals surface area contributed by atoms with Gasteiger partial charge in [-0.25, -0.2) is 4.98 Å². The van der Waals surface area contributed by atoms with Crippen LogP contribution < -0.4 is 11.5 Å². The lowest BCUT2D eigenvalue weighted by atomic mass is 10.0. The molecule has 0 bridgehead atoms. The summed E-state index contributed by atoms with van der Waals surface area (Å²) in [6.45, 7) is 4.20. The number of hydrogen-bond acceptors (Lipinski definition) is 4. The average Bonchev–Trinajstić information content (AvgIpc) is 2.35. The van der Waals surface area contributed by atoms with Crippen LogP contribution in [0.15, 0.2) is 0 Å². The molecule has 0 amide bonds. The molecule has 0 spiro atoms. The summed E-state index contributed by atoms with van der Waals surface area (Å²) < 4.78 is 0. The van der Waals surface area contributed by atoms with E-state index in [1.54, 1.807) is 0 Å². The number of nitrogen functional groups attached to an aromatic ring is 2. The van der Waals surface area contributed by atoms with Crippen LogP contribution in [-0.4, -0.2) is 9.97 Å². The van der Waals surface area contributed by atoms with Gasteiger partial charge in [0.1, 0.15) is 5.82 Å². The van der Waals surface area contributed by atoms with Crippen molar-refractivity contribution < 1.29 is 0 Å². The number of nitrogens with two attached hydrogens (primary N) is 2. The van der Waals surface area contributed by atoms with Crippen LogP contribution >= 0.6 is 0 Å². The van der Waals surface area contributed by atoms with Crippen molar-refractivity contribution in [2.45, 2.75) is 71.6 Å². The summed E-state index contributed by atoms with van der Waals surface area (Å²) in [6.07, 6.45) is 11.5. The van der Waals surface area contributed by atoms with Gasteiger partial charge in [0.25, 0.3) is 0 Å². The van der Waals surface area contributed by atoms with E-state index in [9.17, 15) is 0 Å². The van der Waals surface area contributed by atoms with E-state index in [2.05, 4.69) is 16.9 Å². The first-order valence-corrected chi connectivity index (χ1v) is 7.53. The first kappa shape index (κ1) is 15.7. The van der Waals surface area contributed by atoms with Gasteiger partial charge in [0.15, 0.2) is 0 Å². The summed E-state index contributed by atoms with van der Waals surface area (Å²) in [5, 5.41) is 0. The zero-order valence-electron chi connectivity index (χ0n) is 12.4. The first-order chi connectivity index (χ1) is 9.15. The van der Waals surface area contributed by atoms with E-state index in [0.29, 0.717) is 5.82 Å². The van der Waals surface area contributed by atoms with Crippen LogP contribution in [0.2, 0.25) is 0 Å². The highest BCUT2D eigenvalue weighted by atomic mass is 15.0. The van der Waals surface area contributed by atoms with Gasteiger partial charge in [-0.1, -0.05) is 51.9 Å². The lowest BCUT2D eigenvalue weighted by Gasteiger charge is -2.08. The van der Waals surface area contributed by atoms with Gasteiger partial charge in [-0.05, 0) is 19.8 Å². The number of unbranched alkanes of at least 4 members (excludes halogenated alkanes) is 7. The molecule has 4 nitrogen and oxygen atoms in total.